The fourth-order valence-corrected chi connectivity index (χ4v) is 1.17. The fourth-order valence-electron chi connectivity index (χ4n) is 1.17. The molecule has 0 unspecified atom stereocenters. The second-order valence-electron chi connectivity index (χ2n) is 2.91. The van der Waals surface area contributed by atoms with Crippen LogP contribution in [0.4, 0.5) is 0 Å². The Bertz CT molecular complexity index is 513. The molecule has 0 aliphatic rings. The summed E-state index contributed by atoms with van der Waals surface area (Å²) >= 11 is 0. The molecule has 2 aromatic heterocycles. The van der Waals surface area contributed by atoms with Crippen molar-refractivity contribution >= 4 is 23.1 Å². The minimum atomic E-state index is -0.406. The molecule has 0 N–H and O–H groups in total. The van der Waals surface area contributed by atoms with Crippen molar-refractivity contribution in [1.29, 1.82) is 0 Å². The van der Waals surface area contributed by atoms with Gasteiger partial charge in [0, 0.05) is 11.5 Å². The van der Waals surface area contributed by atoms with E-state index < -0.39 is 5.97 Å². The number of hydrogen-bond acceptors (Lipinski definition) is 4. The lowest BCUT2D eigenvalue weighted by molar-refractivity contribution is -0.134. The van der Waals surface area contributed by atoms with E-state index in [9.17, 15) is 4.79 Å². The lowest BCUT2D eigenvalue weighted by Gasteiger charge is -1.92. The van der Waals surface area contributed by atoms with E-state index in [4.69, 9.17) is 4.42 Å². The molecule has 15 heavy (non-hydrogen) atoms. The molecule has 0 aliphatic carbocycles. The summed E-state index contributed by atoms with van der Waals surface area (Å²) in [5.74, 6) is -0.406. The summed E-state index contributed by atoms with van der Waals surface area (Å²) < 4.78 is 9.60. The van der Waals surface area contributed by atoms with Gasteiger partial charge in [-0.2, -0.15) is 0 Å². The number of fused-ring (bicyclic) bond motifs is 1. The van der Waals surface area contributed by atoms with Gasteiger partial charge < -0.3 is 9.15 Å². The highest BCUT2D eigenvalue weighted by Gasteiger charge is 1.98. The molecular formula is C11H9NO3. The highest BCUT2D eigenvalue weighted by Crippen LogP contribution is 2.13. The summed E-state index contributed by atoms with van der Waals surface area (Å²) in [6.45, 7) is 0. The Morgan fingerprint density at radius 3 is 3.13 bits per heavy atom. The van der Waals surface area contributed by atoms with Gasteiger partial charge in [-0.15, -0.1) is 0 Å². The van der Waals surface area contributed by atoms with Crippen LogP contribution in [-0.2, 0) is 9.53 Å². The van der Waals surface area contributed by atoms with Crippen molar-refractivity contribution in [3.8, 4) is 0 Å². The molecule has 0 atom stereocenters. The number of methoxy groups -OCH3 is 1. The predicted molar refractivity (Wildman–Crippen MR) is 55.1 cm³/mol. The van der Waals surface area contributed by atoms with Gasteiger partial charge in [0.15, 0.2) is 0 Å². The lowest BCUT2D eigenvalue weighted by atomic mass is 10.3. The Morgan fingerprint density at radius 1 is 1.47 bits per heavy atom. The summed E-state index contributed by atoms with van der Waals surface area (Å²) in [6.07, 6.45) is 4.47. The molecule has 0 amide bonds. The Hall–Kier alpha value is -2.10. The Morgan fingerprint density at radius 2 is 2.33 bits per heavy atom. The normalized spacial score (nSPS) is 11.0. The van der Waals surface area contributed by atoms with Gasteiger partial charge in [0.1, 0.15) is 0 Å². The number of carbonyl (C=O) groups is 1. The van der Waals surface area contributed by atoms with Gasteiger partial charge in [0.25, 0.3) is 0 Å². The van der Waals surface area contributed by atoms with Crippen LogP contribution < -0.4 is 0 Å². The zero-order chi connectivity index (χ0) is 10.7. The zero-order valence-electron chi connectivity index (χ0n) is 8.14. The molecule has 0 aliphatic heterocycles. The van der Waals surface area contributed by atoms with Crippen molar-refractivity contribution in [3.63, 3.8) is 0 Å². The SMILES string of the molecule is COC(=O)/C=C/c1ccc2ccoc2n1. The first-order valence-corrected chi connectivity index (χ1v) is 4.40. The fraction of sp³-hybridized carbons (Fsp3) is 0.0909. The maximum Gasteiger partial charge on any atom is 0.330 e. The molecule has 0 aromatic carbocycles. The van der Waals surface area contributed by atoms with E-state index in [-0.39, 0.29) is 0 Å². The van der Waals surface area contributed by atoms with E-state index in [1.807, 2.05) is 12.1 Å². The number of rotatable bonds is 2. The van der Waals surface area contributed by atoms with E-state index >= 15 is 0 Å². The second-order valence-corrected chi connectivity index (χ2v) is 2.91. The van der Waals surface area contributed by atoms with Crippen LogP contribution in [0.2, 0.25) is 0 Å². The monoisotopic (exact) mass is 203 g/mol. The van der Waals surface area contributed by atoms with Gasteiger partial charge in [-0.05, 0) is 24.3 Å². The van der Waals surface area contributed by atoms with Gasteiger partial charge in [0.2, 0.25) is 5.71 Å². The van der Waals surface area contributed by atoms with Crippen molar-refractivity contribution in [2.45, 2.75) is 0 Å². The number of nitrogens with zero attached hydrogens (tertiary/aromatic N) is 1. The standard InChI is InChI=1S/C11H9NO3/c1-14-10(13)5-4-9-3-2-8-6-7-15-11(8)12-9/h2-7H,1H3/b5-4+. The third kappa shape index (κ3) is 2.04. The number of furan rings is 1. The molecule has 4 nitrogen and oxygen atoms in total. The average molecular weight is 203 g/mol. The van der Waals surface area contributed by atoms with Crippen LogP contribution in [0.3, 0.4) is 0 Å². The quantitative estimate of drug-likeness (QED) is 0.553. The molecule has 0 fully saturated rings. The first-order valence-electron chi connectivity index (χ1n) is 4.40. The molecule has 2 aromatic rings. The van der Waals surface area contributed by atoms with E-state index in [0.717, 1.165) is 5.39 Å². The van der Waals surface area contributed by atoms with Crippen molar-refractivity contribution in [1.82, 2.24) is 4.98 Å². The molecule has 2 rings (SSSR count). The largest absolute Gasteiger partial charge is 0.466 e. The maximum absolute atomic E-state index is 10.8. The number of esters is 1. The number of aromatic nitrogens is 1. The minimum Gasteiger partial charge on any atom is -0.466 e. The van der Waals surface area contributed by atoms with Crippen molar-refractivity contribution in [2.24, 2.45) is 0 Å². The third-order valence-electron chi connectivity index (χ3n) is 1.93. The Kier molecular flexibility index (Phi) is 2.49. The molecule has 4 heteroatoms. The van der Waals surface area contributed by atoms with Crippen LogP contribution in [0.1, 0.15) is 5.69 Å². The highest BCUT2D eigenvalue weighted by atomic mass is 16.5. The average Bonchev–Trinajstić information content (AvgIpc) is 2.72. The Balaban J connectivity index is 2.28. The molecule has 76 valence electrons. The Labute approximate surface area is 86.2 Å². The topological polar surface area (TPSA) is 52.3 Å². The van der Waals surface area contributed by atoms with Gasteiger partial charge in [-0.25, -0.2) is 9.78 Å². The molecule has 0 radical (unpaired) electrons. The molecular weight excluding hydrogens is 194 g/mol. The van der Waals surface area contributed by atoms with Crippen LogP contribution in [0.5, 0.6) is 0 Å². The third-order valence-corrected chi connectivity index (χ3v) is 1.93. The minimum absolute atomic E-state index is 0.406. The van der Waals surface area contributed by atoms with Crippen LogP contribution in [0.15, 0.2) is 35.0 Å². The van der Waals surface area contributed by atoms with Crippen molar-refractivity contribution in [2.75, 3.05) is 7.11 Å². The van der Waals surface area contributed by atoms with Crippen LogP contribution in [0, 0.1) is 0 Å². The van der Waals surface area contributed by atoms with Crippen LogP contribution in [-0.4, -0.2) is 18.1 Å². The molecule has 0 saturated heterocycles. The number of pyridine rings is 1. The summed E-state index contributed by atoms with van der Waals surface area (Å²) in [7, 11) is 1.33. The van der Waals surface area contributed by atoms with E-state index in [0.29, 0.717) is 11.4 Å². The first kappa shape index (κ1) is 9.45. The van der Waals surface area contributed by atoms with Crippen LogP contribution >= 0.6 is 0 Å². The lowest BCUT2D eigenvalue weighted by Crippen LogP contribution is -1.93. The maximum atomic E-state index is 10.8. The summed E-state index contributed by atoms with van der Waals surface area (Å²) in [5, 5.41) is 0.935. The summed E-state index contributed by atoms with van der Waals surface area (Å²) in [4.78, 5) is 15.0. The first-order chi connectivity index (χ1) is 7.29. The van der Waals surface area contributed by atoms with Gasteiger partial charge in [-0.1, -0.05) is 0 Å². The van der Waals surface area contributed by atoms with Crippen molar-refractivity contribution < 1.29 is 13.9 Å². The van der Waals surface area contributed by atoms with E-state index in [1.165, 1.54) is 13.2 Å². The molecule has 2 heterocycles. The van der Waals surface area contributed by atoms with E-state index in [1.54, 1.807) is 18.4 Å². The van der Waals surface area contributed by atoms with E-state index in [2.05, 4.69) is 9.72 Å². The number of carbonyl (C=O) groups excluding carboxylic acids is 1. The smallest absolute Gasteiger partial charge is 0.330 e. The summed E-state index contributed by atoms with van der Waals surface area (Å²) in [6, 6.07) is 5.51. The highest BCUT2D eigenvalue weighted by molar-refractivity contribution is 5.87. The van der Waals surface area contributed by atoms with Gasteiger partial charge in [0.05, 0.1) is 19.1 Å². The number of hydrogen-bond donors (Lipinski definition) is 0. The van der Waals surface area contributed by atoms with Crippen LogP contribution in [0.25, 0.3) is 17.2 Å². The second kappa shape index (κ2) is 3.96. The molecule has 0 spiro atoms. The van der Waals surface area contributed by atoms with Gasteiger partial charge in [-0.3, -0.25) is 0 Å². The number of ether oxygens (including phenoxy) is 1. The predicted octanol–water partition coefficient (Wildman–Crippen LogP) is 2.01. The molecule has 0 saturated carbocycles. The van der Waals surface area contributed by atoms with Gasteiger partial charge >= 0.3 is 5.97 Å². The molecule has 0 bridgehead atoms. The summed E-state index contributed by atoms with van der Waals surface area (Å²) in [5.41, 5.74) is 1.21. The van der Waals surface area contributed by atoms with Crippen molar-refractivity contribution in [3.05, 3.63) is 36.2 Å². The zero-order valence-corrected chi connectivity index (χ0v) is 8.14.